The van der Waals surface area contributed by atoms with E-state index in [0.29, 0.717) is 10.4 Å². The zero-order valence-corrected chi connectivity index (χ0v) is 13.4. The van der Waals surface area contributed by atoms with Crippen LogP contribution < -0.4 is 10.0 Å². The number of nitrogens with zero attached hydrogens (tertiary/aromatic N) is 3. The van der Waals surface area contributed by atoms with E-state index in [1.165, 1.54) is 31.4 Å². The molecule has 0 radical (unpaired) electrons. The van der Waals surface area contributed by atoms with Crippen molar-refractivity contribution in [1.82, 2.24) is 4.98 Å². The number of nitrogens with two attached hydrogens (primary N) is 1. The number of thiophene rings is 1. The van der Waals surface area contributed by atoms with Gasteiger partial charge < -0.3 is 5.73 Å². The SMILES string of the molecule is Cc1sc(C(N)=O)cc1S(=O)(=O)N(C)c1cc(C#N)ccn1. The van der Waals surface area contributed by atoms with Gasteiger partial charge in [0.2, 0.25) is 0 Å². The molecule has 0 aliphatic heterocycles. The molecule has 2 aromatic rings. The Bertz CT molecular complexity index is 881. The van der Waals surface area contributed by atoms with Crippen LogP contribution in [0.5, 0.6) is 0 Å². The van der Waals surface area contributed by atoms with Crippen LogP contribution in [-0.2, 0) is 10.0 Å². The third-order valence-electron chi connectivity index (χ3n) is 2.95. The summed E-state index contributed by atoms with van der Waals surface area (Å²) in [6, 6.07) is 6.02. The second kappa shape index (κ2) is 5.75. The highest BCUT2D eigenvalue weighted by Gasteiger charge is 2.27. The third-order valence-corrected chi connectivity index (χ3v) is 6.03. The molecular formula is C13H12N4O3S2. The second-order valence-corrected chi connectivity index (χ2v) is 7.58. The molecule has 9 heteroatoms. The first-order chi connectivity index (χ1) is 10.3. The van der Waals surface area contributed by atoms with Crippen LogP contribution in [0.4, 0.5) is 5.82 Å². The Balaban J connectivity index is 2.50. The van der Waals surface area contributed by atoms with Crippen molar-refractivity contribution in [2.75, 3.05) is 11.4 Å². The average molecular weight is 336 g/mol. The first-order valence-corrected chi connectivity index (χ1v) is 8.28. The van der Waals surface area contributed by atoms with E-state index in [2.05, 4.69) is 4.98 Å². The number of sulfonamides is 1. The molecule has 0 saturated heterocycles. The van der Waals surface area contributed by atoms with Crippen molar-refractivity contribution in [1.29, 1.82) is 5.26 Å². The first kappa shape index (κ1) is 15.9. The Hall–Kier alpha value is -2.44. The highest BCUT2D eigenvalue weighted by atomic mass is 32.2. The molecule has 114 valence electrons. The van der Waals surface area contributed by atoms with Crippen LogP contribution >= 0.6 is 11.3 Å². The van der Waals surface area contributed by atoms with Crippen LogP contribution in [-0.4, -0.2) is 26.4 Å². The molecule has 0 saturated carbocycles. The summed E-state index contributed by atoms with van der Waals surface area (Å²) in [6.45, 7) is 1.59. The number of pyridine rings is 1. The number of amides is 1. The Morgan fingerprint density at radius 1 is 1.45 bits per heavy atom. The number of hydrogen-bond donors (Lipinski definition) is 1. The molecule has 0 bridgehead atoms. The van der Waals surface area contributed by atoms with Gasteiger partial charge in [-0.1, -0.05) is 0 Å². The number of hydrogen-bond acceptors (Lipinski definition) is 6. The number of nitriles is 1. The van der Waals surface area contributed by atoms with Crippen LogP contribution in [0.15, 0.2) is 29.3 Å². The van der Waals surface area contributed by atoms with Crippen molar-refractivity contribution in [3.05, 3.63) is 39.7 Å². The number of carbonyl (C=O) groups is 1. The van der Waals surface area contributed by atoms with Gasteiger partial charge in [0.05, 0.1) is 16.5 Å². The molecule has 7 nitrogen and oxygen atoms in total. The van der Waals surface area contributed by atoms with Crippen molar-refractivity contribution >= 4 is 33.1 Å². The highest BCUT2D eigenvalue weighted by molar-refractivity contribution is 7.93. The standard InChI is InChI=1S/C13H12N4O3S2/c1-8-11(6-10(21-8)13(15)18)22(19,20)17(2)12-5-9(7-14)3-4-16-12/h3-6H,1-2H3,(H2,15,18). The summed E-state index contributed by atoms with van der Waals surface area (Å²) in [7, 11) is -2.56. The lowest BCUT2D eigenvalue weighted by atomic mass is 10.3. The van der Waals surface area contributed by atoms with Gasteiger partial charge in [-0.3, -0.25) is 9.10 Å². The number of carbonyl (C=O) groups excluding carboxylic acids is 1. The highest BCUT2D eigenvalue weighted by Crippen LogP contribution is 2.29. The summed E-state index contributed by atoms with van der Waals surface area (Å²) in [6.07, 6.45) is 1.36. The smallest absolute Gasteiger partial charge is 0.266 e. The fourth-order valence-corrected chi connectivity index (χ4v) is 4.33. The van der Waals surface area contributed by atoms with E-state index < -0.39 is 15.9 Å². The Morgan fingerprint density at radius 3 is 2.68 bits per heavy atom. The van der Waals surface area contributed by atoms with Crippen molar-refractivity contribution < 1.29 is 13.2 Å². The summed E-state index contributed by atoms with van der Waals surface area (Å²) in [5, 5.41) is 8.88. The normalized spacial score (nSPS) is 11.0. The maximum Gasteiger partial charge on any atom is 0.266 e. The van der Waals surface area contributed by atoms with E-state index in [0.717, 1.165) is 15.6 Å². The van der Waals surface area contributed by atoms with Crippen molar-refractivity contribution in [2.24, 2.45) is 5.73 Å². The van der Waals surface area contributed by atoms with Gasteiger partial charge in [-0.05, 0) is 25.1 Å². The summed E-state index contributed by atoms with van der Waals surface area (Å²) in [4.78, 5) is 15.8. The van der Waals surface area contributed by atoms with E-state index >= 15 is 0 Å². The molecule has 0 unspecified atom stereocenters. The summed E-state index contributed by atoms with van der Waals surface area (Å²) >= 11 is 1.02. The van der Waals surface area contributed by atoms with Crippen LogP contribution in [0.2, 0.25) is 0 Å². The van der Waals surface area contributed by atoms with Crippen molar-refractivity contribution in [3.8, 4) is 6.07 Å². The zero-order chi connectivity index (χ0) is 16.5. The molecule has 1 amide bonds. The lowest BCUT2D eigenvalue weighted by Gasteiger charge is -2.18. The lowest BCUT2D eigenvalue weighted by molar-refractivity contribution is 0.100. The summed E-state index contributed by atoms with van der Waals surface area (Å²) in [5.41, 5.74) is 5.48. The zero-order valence-electron chi connectivity index (χ0n) is 11.8. The van der Waals surface area contributed by atoms with E-state index in [9.17, 15) is 13.2 Å². The van der Waals surface area contributed by atoms with Crippen LogP contribution in [0.25, 0.3) is 0 Å². The van der Waals surface area contributed by atoms with Gasteiger partial charge in [0.1, 0.15) is 10.7 Å². The Morgan fingerprint density at radius 2 is 2.14 bits per heavy atom. The van der Waals surface area contributed by atoms with Gasteiger partial charge in [-0.15, -0.1) is 11.3 Å². The van der Waals surface area contributed by atoms with Crippen LogP contribution in [0.1, 0.15) is 20.1 Å². The fourth-order valence-electron chi connectivity index (χ4n) is 1.77. The Kier molecular flexibility index (Phi) is 4.16. The molecule has 22 heavy (non-hydrogen) atoms. The maximum absolute atomic E-state index is 12.6. The van der Waals surface area contributed by atoms with Gasteiger partial charge in [-0.25, -0.2) is 13.4 Å². The largest absolute Gasteiger partial charge is 0.365 e. The predicted octanol–water partition coefficient (Wildman–Crippen LogP) is 1.25. The minimum atomic E-state index is -3.90. The Labute approximate surface area is 131 Å². The van der Waals surface area contributed by atoms with Gasteiger partial charge in [0.15, 0.2) is 0 Å². The van der Waals surface area contributed by atoms with Crippen molar-refractivity contribution in [2.45, 2.75) is 11.8 Å². The predicted molar refractivity (Wildman–Crippen MR) is 82.1 cm³/mol. The molecule has 0 aromatic carbocycles. The minimum absolute atomic E-state index is 0.00189. The molecule has 2 aromatic heterocycles. The van der Waals surface area contributed by atoms with E-state index in [-0.39, 0.29) is 15.6 Å². The fraction of sp³-hybridized carbons (Fsp3) is 0.154. The van der Waals surface area contributed by atoms with Crippen LogP contribution in [0.3, 0.4) is 0 Å². The molecule has 2 heterocycles. The molecule has 0 spiro atoms. The monoisotopic (exact) mass is 336 g/mol. The quantitative estimate of drug-likeness (QED) is 0.901. The van der Waals surface area contributed by atoms with Gasteiger partial charge in [0, 0.05) is 18.1 Å². The third kappa shape index (κ3) is 2.79. The molecule has 2 N–H and O–H groups in total. The van der Waals surface area contributed by atoms with E-state index in [1.54, 1.807) is 6.92 Å². The molecule has 0 aliphatic rings. The van der Waals surface area contributed by atoms with Crippen molar-refractivity contribution in [3.63, 3.8) is 0 Å². The summed E-state index contributed by atoms with van der Waals surface area (Å²) < 4.78 is 26.3. The van der Waals surface area contributed by atoms with E-state index in [1.807, 2.05) is 6.07 Å². The first-order valence-electron chi connectivity index (χ1n) is 6.02. The number of aryl methyl sites for hydroxylation is 1. The molecule has 0 aliphatic carbocycles. The molecular weight excluding hydrogens is 324 g/mol. The van der Waals surface area contributed by atoms with Gasteiger partial charge in [0.25, 0.3) is 15.9 Å². The van der Waals surface area contributed by atoms with E-state index in [4.69, 9.17) is 11.0 Å². The average Bonchev–Trinajstić information content (AvgIpc) is 2.89. The molecule has 0 atom stereocenters. The van der Waals surface area contributed by atoms with Crippen LogP contribution in [0, 0.1) is 18.3 Å². The number of rotatable bonds is 4. The number of anilines is 1. The van der Waals surface area contributed by atoms with Gasteiger partial charge >= 0.3 is 0 Å². The van der Waals surface area contributed by atoms with Gasteiger partial charge in [-0.2, -0.15) is 5.26 Å². The summed E-state index contributed by atoms with van der Waals surface area (Å²) in [5.74, 6) is -0.563. The lowest BCUT2D eigenvalue weighted by Crippen LogP contribution is -2.27. The molecule has 0 fully saturated rings. The minimum Gasteiger partial charge on any atom is -0.365 e. The molecule has 2 rings (SSSR count). The second-order valence-electron chi connectivity index (χ2n) is 4.38. The number of primary amides is 1. The number of aromatic nitrogens is 1. The maximum atomic E-state index is 12.6. The topological polar surface area (TPSA) is 117 Å².